The zero-order valence-electron chi connectivity index (χ0n) is 10.9. The van der Waals surface area contributed by atoms with Gasteiger partial charge >= 0.3 is 0 Å². The number of sulfone groups is 1. The van der Waals surface area contributed by atoms with Gasteiger partial charge in [0.05, 0.1) is 0 Å². The zero-order chi connectivity index (χ0) is 13.3. The van der Waals surface area contributed by atoms with Gasteiger partial charge in [-0.3, -0.25) is 0 Å². The molecule has 0 amide bonds. The molecule has 0 spiro atoms. The van der Waals surface area contributed by atoms with Crippen molar-refractivity contribution in [1.82, 2.24) is 0 Å². The minimum atomic E-state index is -3.17. The molecular weight excluding hydrogens is 272 g/mol. The third kappa shape index (κ3) is 6.97. The maximum absolute atomic E-state index is 12.1. The third-order valence-corrected chi connectivity index (χ3v) is 7.14. The van der Waals surface area contributed by atoms with Crippen molar-refractivity contribution in [1.29, 1.82) is 0 Å². The van der Waals surface area contributed by atoms with Crippen LogP contribution >= 0.6 is 25.3 Å². The molecule has 0 N–H and O–H groups in total. The number of unbranched alkanes of at least 4 members (excludes halogenated alkanes) is 4. The zero-order valence-corrected chi connectivity index (χ0v) is 13.5. The van der Waals surface area contributed by atoms with E-state index >= 15 is 0 Å². The van der Waals surface area contributed by atoms with E-state index in [0.717, 1.165) is 38.5 Å². The lowest BCUT2D eigenvalue weighted by molar-refractivity contribution is 0.574. The highest BCUT2D eigenvalue weighted by molar-refractivity contribution is 8.11. The molecule has 0 radical (unpaired) electrons. The number of rotatable bonds is 10. The Morgan fingerprint density at radius 2 is 1.18 bits per heavy atom. The van der Waals surface area contributed by atoms with Crippen molar-refractivity contribution in [2.24, 2.45) is 0 Å². The van der Waals surface area contributed by atoms with Crippen LogP contribution in [0.5, 0.6) is 0 Å². The van der Waals surface area contributed by atoms with Crippen molar-refractivity contribution < 1.29 is 8.42 Å². The molecule has 5 heteroatoms. The normalized spacial score (nSPS) is 15.8. The van der Waals surface area contributed by atoms with Gasteiger partial charge in [-0.25, -0.2) is 8.42 Å². The molecule has 0 saturated heterocycles. The van der Waals surface area contributed by atoms with E-state index < -0.39 is 19.0 Å². The van der Waals surface area contributed by atoms with Crippen LogP contribution in [-0.2, 0) is 9.84 Å². The summed E-state index contributed by atoms with van der Waals surface area (Å²) in [4.78, 5) is 0. The lowest BCUT2D eigenvalue weighted by Crippen LogP contribution is -2.25. The summed E-state index contributed by atoms with van der Waals surface area (Å²) in [6.07, 6.45) is 7.48. The smallest absolute Gasteiger partial charge is 0.174 e. The fourth-order valence-electron chi connectivity index (χ4n) is 1.65. The van der Waals surface area contributed by atoms with E-state index in [0.29, 0.717) is 12.8 Å². The first-order valence-corrected chi connectivity index (χ1v) is 9.19. The summed E-state index contributed by atoms with van der Waals surface area (Å²) in [5, 5.41) is 0. The van der Waals surface area contributed by atoms with Gasteiger partial charge in [0.2, 0.25) is 0 Å². The maximum Gasteiger partial charge on any atom is 0.174 e. The first-order chi connectivity index (χ1) is 7.96. The lowest BCUT2D eigenvalue weighted by atomic mass is 10.2. The van der Waals surface area contributed by atoms with Crippen molar-refractivity contribution >= 4 is 35.1 Å². The van der Waals surface area contributed by atoms with E-state index in [-0.39, 0.29) is 0 Å². The quantitative estimate of drug-likeness (QED) is 0.471. The summed E-state index contributed by atoms with van der Waals surface area (Å²) in [5.74, 6) is 0. The van der Waals surface area contributed by atoms with Crippen LogP contribution in [0.15, 0.2) is 0 Å². The van der Waals surface area contributed by atoms with E-state index in [1.807, 2.05) is 0 Å². The van der Waals surface area contributed by atoms with Crippen LogP contribution < -0.4 is 0 Å². The van der Waals surface area contributed by atoms with Gasteiger partial charge in [-0.15, -0.1) is 0 Å². The molecule has 0 bridgehead atoms. The van der Waals surface area contributed by atoms with Gasteiger partial charge in [-0.2, -0.15) is 25.3 Å². The summed E-state index contributed by atoms with van der Waals surface area (Å²) >= 11 is 8.46. The summed E-state index contributed by atoms with van der Waals surface area (Å²) in [6, 6.07) is 0. The molecule has 0 aliphatic carbocycles. The second kappa shape index (κ2) is 9.56. The maximum atomic E-state index is 12.1. The number of thiol groups is 2. The molecular formula is C12H26O2S3. The molecule has 0 fully saturated rings. The fourth-order valence-corrected chi connectivity index (χ4v) is 4.54. The SMILES string of the molecule is CCCCCC(S)S(=O)(=O)C(S)CCCCC. The van der Waals surface area contributed by atoms with Crippen molar-refractivity contribution in [3.63, 3.8) is 0 Å². The average molecular weight is 299 g/mol. The summed E-state index contributed by atoms with van der Waals surface area (Å²) in [6.45, 7) is 4.21. The Bertz CT molecular complexity index is 253. The van der Waals surface area contributed by atoms with Crippen LogP contribution in [-0.4, -0.2) is 17.6 Å². The first-order valence-electron chi connectivity index (χ1n) is 6.55. The molecule has 0 saturated carbocycles. The molecule has 0 aliphatic rings. The Labute approximate surface area is 118 Å². The van der Waals surface area contributed by atoms with Crippen LogP contribution in [0.4, 0.5) is 0 Å². The highest BCUT2D eigenvalue weighted by Crippen LogP contribution is 2.24. The lowest BCUT2D eigenvalue weighted by Gasteiger charge is -2.17. The molecule has 104 valence electrons. The van der Waals surface area contributed by atoms with E-state index in [9.17, 15) is 8.42 Å². The number of hydrogen-bond acceptors (Lipinski definition) is 4. The van der Waals surface area contributed by atoms with Gasteiger partial charge in [0.25, 0.3) is 0 Å². The van der Waals surface area contributed by atoms with Crippen LogP contribution in [0, 0.1) is 0 Å². The minimum absolute atomic E-state index is 0.543. The van der Waals surface area contributed by atoms with Gasteiger partial charge in [0, 0.05) is 0 Å². The second-order valence-corrected chi connectivity index (χ2v) is 8.75. The van der Waals surface area contributed by atoms with Gasteiger partial charge in [-0.1, -0.05) is 52.4 Å². The Morgan fingerprint density at radius 3 is 1.47 bits per heavy atom. The molecule has 2 unspecified atom stereocenters. The molecule has 2 atom stereocenters. The third-order valence-electron chi connectivity index (χ3n) is 2.87. The van der Waals surface area contributed by atoms with Crippen molar-refractivity contribution in [3.8, 4) is 0 Å². The molecule has 2 nitrogen and oxygen atoms in total. The fraction of sp³-hybridized carbons (Fsp3) is 1.00. The largest absolute Gasteiger partial charge is 0.227 e. The van der Waals surface area contributed by atoms with Crippen molar-refractivity contribution in [2.45, 2.75) is 74.4 Å². The molecule has 0 aliphatic heterocycles. The van der Waals surface area contributed by atoms with E-state index in [1.165, 1.54) is 0 Å². The molecule has 0 aromatic carbocycles. The predicted octanol–water partition coefficient (Wildman–Crippen LogP) is 4.07. The van der Waals surface area contributed by atoms with Crippen LogP contribution in [0.3, 0.4) is 0 Å². The van der Waals surface area contributed by atoms with Gasteiger partial charge < -0.3 is 0 Å². The summed E-state index contributed by atoms with van der Waals surface area (Å²) in [7, 11) is -3.17. The summed E-state index contributed by atoms with van der Waals surface area (Å²) in [5.41, 5.74) is 0. The van der Waals surface area contributed by atoms with Crippen molar-refractivity contribution in [2.75, 3.05) is 0 Å². The summed E-state index contributed by atoms with van der Waals surface area (Å²) < 4.78 is 23.0. The molecule has 0 heterocycles. The van der Waals surface area contributed by atoms with E-state index in [1.54, 1.807) is 0 Å². The molecule has 17 heavy (non-hydrogen) atoms. The highest BCUT2D eigenvalue weighted by atomic mass is 32.3. The second-order valence-electron chi connectivity index (χ2n) is 4.49. The number of hydrogen-bond donors (Lipinski definition) is 2. The Balaban J connectivity index is 4.14. The topological polar surface area (TPSA) is 34.1 Å². The predicted molar refractivity (Wildman–Crippen MR) is 82.8 cm³/mol. The molecule has 0 rings (SSSR count). The van der Waals surface area contributed by atoms with E-state index in [2.05, 4.69) is 39.1 Å². The Kier molecular flexibility index (Phi) is 9.93. The van der Waals surface area contributed by atoms with Crippen LogP contribution in [0.25, 0.3) is 0 Å². The first kappa shape index (κ1) is 17.6. The van der Waals surface area contributed by atoms with E-state index in [4.69, 9.17) is 0 Å². The minimum Gasteiger partial charge on any atom is -0.227 e. The Hall–Kier alpha value is 0.650. The highest BCUT2D eigenvalue weighted by Gasteiger charge is 2.28. The average Bonchev–Trinajstić information content (AvgIpc) is 2.29. The molecule has 0 aromatic heterocycles. The van der Waals surface area contributed by atoms with Crippen LogP contribution in [0.1, 0.15) is 65.2 Å². The van der Waals surface area contributed by atoms with Gasteiger partial charge in [0.1, 0.15) is 9.16 Å². The van der Waals surface area contributed by atoms with Gasteiger partial charge in [-0.05, 0) is 12.8 Å². The van der Waals surface area contributed by atoms with Crippen LogP contribution in [0.2, 0.25) is 0 Å². The van der Waals surface area contributed by atoms with Crippen molar-refractivity contribution in [3.05, 3.63) is 0 Å². The Morgan fingerprint density at radius 1 is 0.824 bits per heavy atom. The molecule has 0 aromatic rings. The van der Waals surface area contributed by atoms with Gasteiger partial charge in [0.15, 0.2) is 9.84 Å². The standard InChI is InChI=1S/C12H26O2S3/c1-3-5-7-9-11(15)17(13,14)12(16)10-8-6-4-2/h11-12,15-16H,3-10H2,1-2H3. The monoisotopic (exact) mass is 298 g/mol.